The number of rotatable bonds is 6. The Kier molecular flexibility index (Phi) is 5.09. The molecule has 1 N–H and O–H groups in total. The number of anilines is 1. The largest absolute Gasteiger partial charge is 0.385 e. The molecule has 1 aromatic rings. The molecule has 0 radical (unpaired) electrons. The first kappa shape index (κ1) is 13.3. The molecule has 0 amide bonds. The molecule has 0 aliphatic carbocycles. The molecule has 16 heavy (non-hydrogen) atoms. The Morgan fingerprint density at radius 1 is 1.38 bits per heavy atom. The summed E-state index contributed by atoms with van der Waals surface area (Å²) in [4.78, 5) is 0. The van der Waals surface area contributed by atoms with Gasteiger partial charge in [0.2, 0.25) is 0 Å². The molecule has 0 aliphatic rings. The molecule has 3 nitrogen and oxygen atoms in total. The van der Waals surface area contributed by atoms with Crippen LogP contribution in [0.4, 0.5) is 5.69 Å². The molecule has 5 heteroatoms. The number of sulfone groups is 1. The zero-order chi connectivity index (χ0) is 12.0. The third-order valence-electron chi connectivity index (χ3n) is 2.10. The van der Waals surface area contributed by atoms with Crippen LogP contribution in [0.1, 0.15) is 12.0 Å². The molecule has 0 saturated heterocycles. The SMILES string of the molecule is CS(=O)(=O)CCCNc1cccc(CCl)c1. The quantitative estimate of drug-likeness (QED) is 0.631. The van der Waals surface area contributed by atoms with Crippen molar-refractivity contribution in [2.24, 2.45) is 0 Å². The van der Waals surface area contributed by atoms with E-state index < -0.39 is 9.84 Å². The Labute approximate surface area is 102 Å². The van der Waals surface area contributed by atoms with Gasteiger partial charge in [-0.25, -0.2) is 8.42 Å². The van der Waals surface area contributed by atoms with E-state index in [4.69, 9.17) is 11.6 Å². The van der Waals surface area contributed by atoms with Crippen LogP contribution in [0, 0.1) is 0 Å². The number of benzene rings is 1. The summed E-state index contributed by atoms with van der Waals surface area (Å²) < 4.78 is 21.8. The summed E-state index contributed by atoms with van der Waals surface area (Å²) in [5.41, 5.74) is 2.03. The molecule has 0 atom stereocenters. The van der Waals surface area contributed by atoms with Crippen molar-refractivity contribution in [3.63, 3.8) is 0 Å². The van der Waals surface area contributed by atoms with Gasteiger partial charge < -0.3 is 5.32 Å². The standard InChI is InChI=1S/C11H16ClNO2S/c1-16(14,15)7-3-6-13-11-5-2-4-10(8-11)9-12/h2,4-5,8,13H,3,6-7,9H2,1H3. The van der Waals surface area contributed by atoms with Crippen LogP contribution in [0.3, 0.4) is 0 Å². The van der Waals surface area contributed by atoms with Gasteiger partial charge in [-0.1, -0.05) is 12.1 Å². The summed E-state index contributed by atoms with van der Waals surface area (Å²) in [6, 6.07) is 7.79. The van der Waals surface area contributed by atoms with Crippen molar-refractivity contribution in [1.82, 2.24) is 0 Å². The zero-order valence-corrected chi connectivity index (χ0v) is 10.8. The Morgan fingerprint density at radius 3 is 2.75 bits per heavy atom. The molecule has 0 fully saturated rings. The minimum atomic E-state index is -2.85. The molecule has 0 aromatic heterocycles. The van der Waals surface area contributed by atoms with E-state index in [1.807, 2.05) is 24.3 Å². The highest BCUT2D eigenvalue weighted by atomic mass is 35.5. The molecule has 0 heterocycles. The molecule has 90 valence electrons. The number of alkyl halides is 1. The monoisotopic (exact) mass is 261 g/mol. The molecule has 0 spiro atoms. The Morgan fingerprint density at radius 2 is 2.12 bits per heavy atom. The fourth-order valence-electron chi connectivity index (χ4n) is 1.33. The van der Waals surface area contributed by atoms with Gasteiger partial charge in [0, 0.05) is 24.4 Å². The summed E-state index contributed by atoms with van der Waals surface area (Å²) in [6.07, 6.45) is 1.87. The van der Waals surface area contributed by atoms with Crippen molar-refractivity contribution in [1.29, 1.82) is 0 Å². The van der Waals surface area contributed by atoms with Crippen molar-refractivity contribution in [2.45, 2.75) is 12.3 Å². The lowest BCUT2D eigenvalue weighted by atomic mass is 10.2. The highest BCUT2D eigenvalue weighted by Crippen LogP contribution is 2.12. The van der Waals surface area contributed by atoms with Gasteiger partial charge in [-0.3, -0.25) is 0 Å². The van der Waals surface area contributed by atoms with Crippen LogP contribution in [-0.4, -0.2) is 27.0 Å². The first-order chi connectivity index (χ1) is 7.51. The van der Waals surface area contributed by atoms with E-state index in [9.17, 15) is 8.42 Å². The van der Waals surface area contributed by atoms with Gasteiger partial charge in [0.1, 0.15) is 9.84 Å². The van der Waals surface area contributed by atoms with Crippen LogP contribution in [0.5, 0.6) is 0 Å². The second-order valence-electron chi connectivity index (χ2n) is 3.74. The van der Waals surface area contributed by atoms with Gasteiger partial charge in [0.25, 0.3) is 0 Å². The van der Waals surface area contributed by atoms with E-state index in [2.05, 4.69) is 5.32 Å². The lowest BCUT2D eigenvalue weighted by Gasteiger charge is -2.06. The van der Waals surface area contributed by atoms with E-state index in [1.165, 1.54) is 6.26 Å². The fourth-order valence-corrected chi connectivity index (χ4v) is 2.17. The van der Waals surface area contributed by atoms with Gasteiger partial charge in [-0.05, 0) is 24.1 Å². The first-order valence-corrected chi connectivity index (χ1v) is 7.67. The lowest BCUT2D eigenvalue weighted by molar-refractivity contribution is 0.600. The van der Waals surface area contributed by atoms with E-state index in [-0.39, 0.29) is 5.75 Å². The van der Waals surface area contributed by atoms with Gasteiger partial charge >= 0.3 is 0 Å². The van der Waals surface area contributed by atoms with Gasteiger partial charge in [0.15, 0.2) is 0 Å². The van der Waals surface area contributed by atoms with E-state index >= 15 is 0 Å². The van der Waals surface area contributed by atoms with Gasteiger partial charge in [-0.15, -0.1) is 11.6 Å². The number of nitrogens with one attached hydrogen (secondary N) is 1. The molecule has 0 saturated carbocycles. The van der Waals surface area contributed by atoms with Crippen LogP contribution in [0.15, 0.2) is 24.3 Å². The molecule has 0 bridgehead atoms. The molecule has 0 unspecified atom stereocenters. The minimum absolute atomic E-state index is 0.217. The summed E-state index contributed by atoms with van der Waals surface area (Å²) >= 11 is 5.71. The van der Waals surface area contributed by atoms with E-state index in [0.717, 1.165) is 11.3 Å². The average Bonchev–Trinajstić information content (AvgIpc) is 2.23. The highest BCUT2D eigenvalue weighted by Gasteiger charge is 2.01. The molecular weight excluding hydrogens is 246 g/mol. The Balaban J connectivity index is 2.37. The molecular formula is C11H16ClNO2S. The topological polar surface area (TPSA) is 46.2 Å². The smallest absolute Gasteiger partial charge is 0.147 e. The summed E-state index contributed by atoms with van der Waals surface area (Å²) in [6.45, 7) is 0.652. The molecule has 0 aliphatic heterocycles. The van der Waals surface area contributed by atoms with Gasteiger partial charge in [0.05, 0.1) is 5.75 Å². The maximum atomic E-state index is 10.9. The number of hydrogen-bond acceptors (Lipinski definition) is 3. The third kappa shape index (κ3) is 5.37. The van der Waals surface area contributed by atoms with Crippen LogP contribution < -0.4 is 5.32 Å². The third-order valence-corrected chi connectivity index (χ3v) is 3.44. The second-order valence-corrected chi connectivity index (χ2v) is 6.27. The van der Waals surface area contributed by atoms with Crippen LogP contribution >= 0.6 is 11.6 Å². The summed E-state index contributed by atoms with van der Waals surface area (Å²) in [7, 11) is -2.85. The maximum absolute atomic E-state index is 10.9. The maximum Gasteiger partial charge on any atom is 0.147 e. The van der Waals surface area contributed by atoms with E-state index in [0.29, 0.717) is 18.8 Å². The van der Waals surface area contributed by atoms with Crippen molar-refractivity contribution < 1.29 is 8.42 Å². The van der Waals surface area contributed by atoms with Crippen LogP contribution in [0.2, 0.25) is 0 Å². The lowest BCUT2D eigenvalue weighted by Crippen LogP contribution is -2.09. The average molecular weight is 262 g/mol. The van der Waals surface area contributed by atoms with Crippen LogP contribution in [0.25, 0.3) is 0 Å². The van der Waals surface area contributed by atoms with Crippen molar-refractivity contribution >= 4 is 27.1 Å². The van der Waals surface area contributed by atoms with Crippen molar-refractivity contribution in [2.75, 3.05) is 23.9 Å². The second kappa shape index (κ2) is 6.11. The zero-order valence-electron chi connectivity index (χ0n) is 9.24. The van der Waals surface area contributed by atoms with Crippen molar-refractivity contribution in [3.05, 3.63) is 29.8 Å². The van der Waals surface area contributed by atoms with Crippen LogP contribution in [-0.2, 0) is 15.7 Å². The predicted octanol–water partition coefficient (Wildman–Crippen LogP) is 2.27. The molecule has 1 rings (SSSR count). The normalized spacial score (nSPS) is 11.4. The minimum Gasteiger partial charge on any atom is -0.385 e. The summed E-state index contributed by atoms with van der Waals surface area (Å²) in [5, 5.41) is 3.17. The number of halogens is 1. The first-order valence-electron chi connectivity index (χ1n) is 5.08. The van der Waals surface area contributed by atoms with E-state index in [1.54, 1.807) is 0 Å². The van der Waals surface area contributed by atoms with Gasteiger partial charge in [-0.2, -0.15) is 0 Å². The predicted molar refractivity (Wildman–Crippen MR) is 68.8 cm³/mol. The fraction of sp³-hybridized carbons (Fsp3) is 0.455. The Hall–Kier alpha value is -0.740. The highest BCUT2D eigenvalue weighted by molar-refractivity contribution is 7.90. The molecule has 1 aromatic carbocycles. The number of hydrogen-bond donors (Lipinski definition) is 1. The van der Waals surface area contributed by atoms with Crippen molar-refractivity contribution in [3.8, 4) is 0 Å². The Bertz CT molecular complexity index is 431. The summed E-state index contributed by atoms with van der Waals surface area (Å²) in [5.74, 6) is 0.702.